The summed E-state index contributed by atoms with van der Waals surface area (Å²) in [4.78, 5) is 0.0128. The molecule has 0 spiro atoms. The number of nitriles is 1. The second kappa shape index (κ2) is 6.35. The van der Waals surface area contributed by atoms with Crippen LogP contribution >= 0.6 is 0 Å². The van der Waals surface area contributed by atoms with Gasteiger partial charge in [0, 0.05) is 6.54 Å². The minimum Gasteiger partial charge on any atom is -0.393 e. The zero-order valence-electron chi connectivity index (χ0n) is 11.1. The van der Waals surface area contributed by atoms with Gasteiger partial charge in [0.1, 0.15) is 6.07 Å². The maximum absolute atomic E-state index is 12.2. The minimum absolute atomic E-state index is 0.0128. The second-order valence-corrected chi connectivity index (χ2v) is 6.88. The number of hydrogen-bond donors (Lipinski definition) is 2. The molecule has 1 fully saturated rings. The number of sulfonamides is 1. The monoisotopic (exact) mass is 294 g/mol. The third-order valence-electron chi connectivity index (χ3n) is 3.61. The van der Waals surface area contributed by atoms with E-state index in [4.69, 9.17) is 5.26 Å². The van der Waals surface area contributed by atoms with Crippen LogP contribution in [-0.4, -0.2) is 26.2 Å². The zero-order chi connectivity index (χ0) is 14.6. The number of aliphatic hydroxyl groups is 1. The fourth-order valence-electron chi connectivity index (χ4n) is 2.55. The van der Waals surface area contributed by atoms with Crippen LogP contribution in [-0.2, 0) is 10.0 Å². The lowest BCUT2D eigenvalue weighted by Gasteiger charge is -2.25. The molecule has 0 radical (unpaired) electrons. The largest absolute Gasteiger partial charge is 0.393 e. The summed E-state index contributed by atoms with van der Waals surface area (Å²) in [5.41, 5.74) is 0.142. The highest BCUT2D eigenvalue weighted by atomic mass is 32.2. The van der Waals surface area contributed by atoms with Crippen molar-refractivity contribution >= 4 is 10.0 Å². The molecule has 1 saturated carbocycles. The molecule has 0 bridgehead atoms. The van der Waals surface area contributed by atoms with Crippen molar-refractivity contribution in [2.24, 2.45) is 5.92 Å². The highest BCUT2D eigenvalue weighted by Gasteiger charge is 2.23. The Labute approximate surface area is 119 Å². The molecule has 0 aliphatic heterocycles. The van der Waals surface area contributed by atoms with Gasteiger partial charge in [-0.05, 0) is 37.3 Å². The summed E-state index contributed by atoms with van der Waals surface area (Å²) >= 11 is 0. The van der Waals surface area contributed by atoms with Gasteiger partial charge in [-0.25, -0.2) is 13.1 Å². The topological polar surface area (TPSA) is 90.2 Å². The van der Waals surface area contributed by atoms with Crippen molar-refractivity contribution in [2.45, 2.75) is 36.7 Å². The molecule has 0 saturated heterocycles. The van der Waals surface area contributed by atoms with Crippen LogP contribution in [0.4, 0.5) is 0 Å². The molecule has 0 heterocycles. The van der Waals surface area contributed by atoms with Gasteiger partial charge in [-0.3, -0.25) is 0 Å². The van der Waals surface area contributed by atoms with E-state index in [2.05, 4.69) is 4.72 Å². The fraction of sp³-hybridized carbons (Fsp3) is 0.500. The molecule has 2 atom stereocenters. The Bertz CT molecular complexity index is 607. The molecule has 2 N–H and O–H groups in total. The van der Waals surface area contributed by atoms with Crippen LogP contribution in [0.15, 0.2) is 29.2 Å². The van der Waals surface area contributed by atoms with E-state index >= 15 is 0 Å². The highest BCUT2D eigenvalue weighted by molar-refractivity contribution is 7.89. The molecule has 2 unspecified atom stereocenters. The SMILES string of the molecule is N#Cc1ccccc1S(=O)(=O)NCC1CCCC(O)C1. The van der Waals surface area contributed by atoms with Gasteiger partial charge >= 0.3 is 0 Å². The fourth-order valence-corrected chi connectivity index (χ4v) is 3.82. The summed E-state index contributed by atoms with van der Waals surface area (Å²) in [5.74, 6) is 0.155. The van der Waals surface area contributed by atoms with Crippen LogP contribution < -0.4 is 4.72 Å². The maximum Gasteiger partial charge on any atom is 0.241 e. The van der Waals surface area contributed by atoms with E-state index in [9.17, 15) is 13.5 Å². The number of nitrogens with one attached hydrogen (secondary N) is 1. The van der Waals surface area contributed by atoms with Crippen molar-refractivity contribution < 1.29 is 13.5 Å². The first kappa shape index (κ1) is 15.0. The molecule has 1 aromatic rings. The molecule has 108 valence electrons. The third-order valence-corrected chi connectivity index (χ3v) is 5.10. The average molecular weight is 294 g/mol. The Hall–Kier alpha value is -1.42. The summed E-state index contributed by atoms with van der Waals surface area (Å²) < 4.78 is 27.0. The lowest BCUT2D eigenvalue weighted by molar-refractivity contribution is 0.102. The number of aliphatic hydroxyl groups excluding tert-OH is 1. The van der Waals surface area contributed by atoms with Crippen LogP contribution in [0.25, 0.3) is 0 Å². The normalized spacial score (nSPS) is 23.2. The van der Waals surface area contributed by atoms with Crippen molar-refractivity contribution in [3.63, 3.8) is 0 Å². The zero-order valence-corrected chi connectivity index (χ0v) is 11.9. The summed E-state index contributed by atoms with van der Waals surface area (Å²) in [6, 6.07) is 8.03. The quantitative estimate of drug-likeness (QED) is 0.878. The number of rotatable bonds is 4. The molecule has 5 nitrogen and oxygen atoms in total. The van der Waals surface area contributed by atoms with Crippen molar-refractivity contribution in [1.29, 1.82) is 5.26 Å². The highest BCUT2D eigenvalue weighted by Crippen LogP contribution is 2.24. The van der Waals surface area contributed by atoms with Gasteiger partial charge in [0.05, 0.1) is 16.6 Å². The van der Waals surface area contributed by atoms with E-state index in [0.29, 0.717) is 13.0 Å². The summed E-state index contributed by atoms with van der Waals surface area (Å²) in [6.07, 6.45) is 2.93. The molecule has 0 amide bonds. The van der Waals surface area contributed by atoms with E-state index in [0.717, 1.165) is 19.3 Å². The number of benzene rings is 1. The standard InChI is InChI=1S/C14H18N2O3S/c15-9-12-5-1-2-7-14(12)20(18,19)16-10-11-4-3-6-13(17)8-11/h1-2,5,7,11,13,16-17H,3-4,6,8,10H2. The predicted octanol–water partition coefficient (Wildman–Crippen LogP) is 1.39. The van der Waals surface area contributed by atoms with Crippen LogP contribution in [0, 0.1) is 17.2 Å². The van der Waals surface area contributed by atoms with Crippen LogP contribution in [0.3, 0.4) is 0 Å². The molecule has 0 aromatic heterocycles. The third kappa shape index (κ3) is 3.57. The lowest BCUT2D eigenvalue weighted by Crippen LogP contribution is -2.33. The van der Waals surface area contributed by atoms with Crippen LogP contribution in [0.5, 0.6) is 0 Å². The summed E-state index contributed by atoms with van der Waals surface area (Å²) in [5, 5.41) is 18.5. The van der Waals surface area contributed by atoms with Gasteiger partial charge in [0.15, 0.2) is 0 Å². The van der Waals surface area contributed by atoms with Crippen molar-refractivity contribution in [3.05, 3.63) is 29.8 Å². The van der Waals surface area contributed by atoms with Crippen molar-refractivity contribution in [1.82, 2.24) is 4.72 Å². The Morgan fingerprint density at radius 3 is 2.80 bits per heavy atom. The van der Waals surface area contributed by atoms with Crippen molar-refractivity contribution in [2.75, 3.05) is 6.54 Å². The molecular formula is C14H18N2O3S. The maximum atomic E-state index is 12.2. The smallest absolute Gasteiger partial charge is 0.241 e. The van der Waals surface area contributed by atoms with Gasteiger partial charge in [-0.15, -0.1) is 0 Å². The number of nitrogens with zero attached hydrogens (tertiary/aromatic N) is 1. The molecule has 1 aliphatic carbocycles. The summed E-state index contributed by atoms with van der Waals surface area (Å²) in [7, 11) is -3.67. The molecular weight excluding hydrogens is 276 g/mol. The van der Waals surface area contributed by atoms with E-state index in [1.165, 1.54) is 12.1 Å². The van der Waals surface area contributed by atoms with Gasteiger partial charge in [0.25, 0.3) is 0 Å². The molecule has 2 rings (SSSR count). The Morgan fingerprint density at radius 1 is 1.35 bits per heavy atom. The van der Waals surface area contributed by atoms with E-state index < -0.39 is 10.0 Å². The second-order valence-electron chi connectivity index (χ2n) is 5.15. The molecule has 1 aliphatic rings. The predicted molar refractivity (Wildman–Crippen MR) is 74.3 cm³/mol. The van der Waals surface area contributed by atoms with Crippen LogP contribution in [0.1, 0.15) is 31.2 Å². The Kier molecular flexibility index (Phi) is 4.76. The van der Waals surface area contributed by atoms with Crippen LogP contribution in [0.2, 0.25) is 0 Å². The lowest BCUT2D eigenvalue weighted by atomic mass is 9.87. The minimum atomic E-state index is -3.67. The summed E-state index contributed by atoms with van der Waals surface area (Å²) in [6.45, 7) is 0.305. The first-order valence-corrected chi connectivity index (χ1v) is 8.18. The Morgan fingerprint density at radius 2 is 2.10 bits per heavy atom. The molecule has 1 aromatic carbocycles. The molecule has 20 heavy (non-hydrogen) atoms. The van der Waals surface area contributed by atoms with Crippen molar-refractivity contribution in [3.8, 4) is 6.07 Å². The first-order valence-electron chi connectivity index (χ1n) is 6.70. The van der Waals surface area contributed by atoms with Gasteiger partial charge < -0.3 is 5.11 Å². The molecule has 6 heteroatoms. The van der Waals surface area contributed by atoms with Gasteiger partial charge in [-0.2, -0.15) is 5.26 Å². The number of hydrogen-bond acceptors (Lipinski definition) is 4. The van der Waals surface area contributed by atoms with Gasteiger partial charge in [0.2, 0.25) is 10.0 Å². The van der Waals surface area contributed by atoms with Gasteiger partial charge in [-0.1, -0.05) is 18.6 Å². The van der Waals surface area contributed by atoms with E-state index in [1.54, 1.807) is 12.1 Å². The van der Waals surface area contributed by atoms with E-state index in [1.807, 2.05) is 6.07 Å². The average Bonchev–Trinajstić information content (AvgIpc) is 2.45. The Balaban J connectivity index is 2.06. The van der Waals surface area contributed by atoms with E-state index in [-0.39, 0.29) is 22.5 Å². The first-order chi connectivity index (χ1) is 9.53.